The summed E-state index contributed by atoms with van der Waals surface area (Å²) >= 11 is 0. The molecule has 4 aromatic rings. The Balaban J connectivity index is 1.25. The number of nitrogens with zero attached hydrogens (tertiary/aromatic N) is 1. The Kier molecular flexibility index (Phi) is 7.87. The van der Waals surface area contributed by atoms with Crippen LogP contribution in [-0.4, -0.2) is 47.1 Å². The minimum absolute atomic E-state index is 0.0362. The van der Waals surface area contributed by atoms with Crippen LogP contribution < -0.4 is 14.8 Å². The number of benzene rings is 3. The second-order valence-electron chi connectivity index (χ2n) is 7.86. The second-order valence-corrected chi connectivity index (χ2v) is 7.86. The normalized spacial score (nSPS) is 12.9. The summed E-state index contributed by atoms with van der Waals surface area (Å²) in [5, 5.41) is 24.2. The number of fused-ring (bicyclic) bond motifs is 1. The van der Waals surface area contributed by atoms with Gasteiger partial charge in [-0.3, -0.25) is 0 Å². The molecule has 0 spiro atoms. The molecule has 0 radical (unpaired) electrons. The summed E-state index contributed by atoms with van der Waals surface area (Å²) in [6, 6.07) is 28.7. The molecular formula is C27H28N2O4. The number of rotatable bonds is 11. The molecule has 4 rings (SSSR count). The van der Waals surface area contributed by atoms with E-state index in [1.54, 1.807) is 0 Å². The number of nitrogens with one attached hydrogen (secondary N) is 1. The number of ether oxygens (including phenoxy) is 2. The number of hydrogen-bond acceptors (Lipinski definition) is 6. The van der Waals surface area contributed by atoms with Crippen molar-refractivity contribution in [2.24, 2.45) is 0 Å². The van der Waals surface area contributed by atoms with Crippen molar-refractivity contribution in [2.45, 2.75) is 18.6 Å². The van der Waals surface area contributed by atoms with Gasteiger partial charge >= 0.3 is 0 Å². The van der Waals surface area contributed by atoms with Gasteiger partial charge in [0.05, 0.1) is 12.1 Å². The van der Waals surface area contributed by atoms with Crippen molar-refractivity contribution in [3.05, 3.63) is 96.6 Å². The van der Waals surface area contributed by atoms with Crippen LogP contribution in [0.3, 0.4) is 0 Å². The van der Waals surface area contributed by atoms with Crippen molar-refractivity contribution in [1.82, 2.24) is 10.3 Å². The van der Waals surface area contributed by atoms with Crippen molar-refractivity contribution >= 4 is 10.9 Å². The molecule has 2 atom stereocenters. The number of aromatic nitrogens is 1. The second kappa shape index (κ2) is 11.4. The first-order chi connectivity index (χ1) is 16.2. The van der Waals surface area contributed by atoms with Gasteiger partial charge in [0.15, 0.2) is 0 Å². The van der Waals surface area contributed by atoms with E-state index < -0.39 is 6.10 Å². The summed E-state index contributed by atoms with van der Waals surface area (Å²) in [5.74, 6) is 1.96. The van der Waals surface area contributed by atoms with Gasteiger partial charge in [-0.15, -0.1) is 0 Å². The fourth-order valence-corrected chi connectivity index (χ4v) is 3.48. The number of para-hydroxylation sites is 2. The smallest absolute Gasteiger partial charge is 0.219 e. The highest BCUT2D eigenvalue weighted by Crippen LogP contribution is 2.23. The van der Waals surface area contributed by atoms with Gasteiger partial charge in [0.1, 0.15) is 24.2 Å². The van der Waals surface area contributed by atoms with Crippen LogP contribution in [0.25, 0.3) is 10.9 Å². The largest absolute Gasteiger partial charge is 0.491 e. The van der Waals surface area contributed by atoms with Gasteiger partial charge < -0.3 is 25.0 Å². The highest BCUT2D eigenvalue weighted by atomic mass is 16.5. The average Bonchev–Trinajstić information content (AvgIpc) is 2.87. The zero-order valence-corrected chi connectivity index (χ0v) is 18.3. The van der Waals surface area contributed by atoms with Gasteiger partial charge in [-0.2, -0.15) is 0 Å². The molecule has 3 aromatic carbocycles. The van der Waals surface area contributed by atoms with Crippen molar-refractivity contribution in [2.75, 3.05) is 19.8 Å². The van der Waals surface area contributed by atoms with Crippen molar-refractivity contribution in [3.63, 3.8) is 0 Å². The Hall–Kier alpha value is -3.45. The summed E-state index contributed by atoms with van der Waals surface area (Å²) in [4.78, 5) is 4.53. The molecule has 0 bridgehead atoms. The average molecular weight is 445 g/mol. The van der Waals surface area contributed by atoms with Crippen LogP contribution in [0.15, 0.2) is 91.0 Å². The van der Waals surface area contributed by atoms with Crippen LogP contribution in [0.2, 0.25) is 0 Å². The number of pyridine rings is 1. The van der Waals surface area contributed by atoms with Crippen LogP contribution in [0.1, 0.15) is 5.56 Å². The molecule has 6 nitrogen and oxygen atoms in total. The number of hydrogen-bond donors (Lipinski definition) is 3. The monoisotopic (exact) mass is 444 g/mol. The lowest BCUT2D eigenvalue weighted by Gasteiger charge is -2.19. The predicted octanol–water partition coefficient (Wildman–Crippen LogP) is 3.96. The SMILES string of the molecule is OC[C@H](Cc1ccc(Oc2ccc3ccccc3n2)cc1)NC[C@H](O)COc1ccccc1. The summed E-state index contributed by atoms with van der Waals surface area (Å²) in [7, 11) is 0. The van der Waals surface area contributed by atoms with Crippen molar-refractivity contribution in [3.8, 4) is 17.4 Å². The molecule has 0 unspecified atom stereocenters. The molecule has 1 aromatic heterocycles. The van der Waals surface area contributed by atoms with Gasteiger partial charge in [-0.1, -0.05) is 48.5 Å². The zero-order valence-electron chi connectivity index (χ0n) is 18.3. The third kappa shape index (κ3) is 6.76. The van der Waals surface area contributed by atoms with E-state index in [4.69, 9.17) is 9.47 Å². The van der Waals surface area contributed by atoms with Gasteiger partial charge in [0, 0.05) is 24.0 Å². The molecule has 3 N–H and O–H groups in total. The van der Waals surface area contributed by atoms with E-state index in [1.807, 2.05) is 91.0 Å². The maximum Gasteiger partial charge on any atom is 0.219 e. The summed E-state index contributed by atoms with van der Waals surface area (Å²) in [6.07, 6.45) is -0.0541. The molecule has 1 heterocycles. The maximum atomic E-state index is 10.2. The maximum absolute atomic E-state index is 10.2. The molecule has 170 valence electrons. The summed E-state index contributed by atoms with van der Waals surface area (Å²) < 4.78 is 11.5. The lowest BCUT2D eigenvalue weighted by atomic mass is 10.1. The highest BCUT2D eigenvalue weighted by Gasteiger charge is 2.12. The topological polar surface area (TPSA) is 83.8 Å². The molecule has 0 aliphatic carbocycles. The summed E-state index contributed by atoms with van der Waals surface area (Å²) in [5.41, 5.74) is 1.94. The van der Waals surface area contributed by atoms with Crippen molar-refractivity contribution in [1.29, 1.82) is 0 Å². The molecule has 0 aliphatic rings. The van der Waals surface area contributed by atoms with Crippen LogP contribution in [-0.2, 0) is 6.42 Å². The number of aliphatic hydroxyl groups excluding tert-OH is 2. The molecule has 0 aliphatic heterocycles. The first kappa shape index (κ1) is 22.7. The third-order valence-corrected chi connectivity index (χ3v) is 5.25. The third-order valence-electron chi connectivity index (χ3n) is 5.25. The van der Waals surface area contributed by atoms with E-state index in [2.05, 4.69) is 10.3 Å². The zero-order chi connectivity index (χ0) is 22.9. The van der Waals surface area contributed by atoms with E-state index in [9.17, 15) is 10.2 Å². The van der Waals surface area contributed by atoms with Crippen molar-refractivity contribution < 1.29 is 19.7 Å². The molecule has 33 heavy (non-hydrogen) atoms. The Bertz CT molecular complexity index is 1140. The molecule has 0 fully saturated rings. The van der Waals surface area contributed by atoms with Crippen LogP contribution >= 0.6 is 0 Å². The van der Waals surface area contributed by atoms with Crippen LogP contribution in [0.5, 0.6) is 17.4 Å². The lowest BCUT2D eigenvalue weighted by molar-refractivity contribution is 0.0997. The minimum atomic E-state index is -0.676. The first-order valence-electron chi connectivity index (χ1n) is 11.0. The van der Waals surface area contributed by atoms with Crippen LogP contribution in [0, 0.1) is 0 Å². The molecule has 0 saturated heterocycles. The van der Waals surface area contributed by atoms with Gasteiger partial charge in [-0.05, 0) is 48.4 Å². The molecular weight excluding hydrogens is 416 g/mol. The minimum Gasteiger partial charge on any atom is -0.491 e. The Morgan fingerprint density at radius 3 is 2.36 bits per heavy atom. The molecule has 0 amide bonds. The van der Waals surface area contributed by atoms with Crippen LogP contribution in [0.4, 0.5) is 0 Å². The molecule has 0 saturated carbocycles. The first-order valence-corrected chi connectivity index (χ1v) is 11.0. The van der Waals surface area contributed by atoms with E-state index in [1.165, 1.54) is 0 Å². The molecule has 6 heteroatoms. The van der Waals surface area contributed by atoms with Gasteiger partial charge in [0.2, 0.25) is 5.88 Å². The van der Waals surface area contributed by atoms with E-state index in [0.29, 0.717) is 24.6 Å². The Morgan fingerprint density at radius 1 is 0.818 bits per heavy atom. The Morgan fingerprint density at radius 2 is 1.58 bits per heavy atom. The fourth-order valence-electron chi connectivity index (χ4n) is 3.48. The predicted molar refractivity (Wildman–Crippen MR) is 129 cm³/mol. The standard InChI is InChI=1S/C27H28N2O4/c30-18-22(28-17-23(31)19-32-24-7-2-1-3-8-24)16-20-10-13-25(14-11-20)33-27-15-12-21-6-4-5-9-26(21)29-27/h1-15,22-23,28,30-31H,16-19H2/t22-,23-/m0/s1. The van der Waals surface area contributed by atoms with E-state index >= 15 is 0 Å². The fraction of sp³-hybridized carbons (Fsp3) is 0.222. The quantitative estimate of drug-likeness (QED) is 0.325. The van der Waals surface area contributed by atoms with Gasteiger partial charge in [0.25, 0.3) is 0 Å². The van der Waals surface area contributed by atoms with E-state index in [0.717, 1.165) is 22.2 Å². The van der Waals surface area contributed by atoms with Gasteiger partial charge in [-0.25, -0.2) is 4.98 Å². The Labute approximate surface area is 193 Å². The lowest BCUT2D eigenvalue weighted by Crippen LogP contribution is -2.41. The highest BCUT2D eigenvalue weighted by molar-refractivity contribution is 5.78. The summed E-state index contributed by atoms with van der Waals surface area (Å²) in [6.45, 7) is 0.475. The number of aliphatic hydroxyl groups is 2. The van der Waals surface area contributed by atoms with E-state index in [-0.39, 0.29) is 19.3 Å².